The number of amides is 1. The van der Waals surface area contributed by atoms with Gasteiger partial charge in [0.15, 0.2) is 5.69 Å². The fraction of sp³-hybridized carbons (Fsp3) is 0.500. The molecule has 0 aromatic carbocycles. The molecule has 1 aliphatic rings. The second-order valence-corrected chi connectivity index (χ2v) is 3.83. The smallest absolute Gasteiger partial charge is 0.354 e. The van der Waals surface area contributed by atoms with Crippen molar-refractivity contribution in [3.05, 3.63) is 17.5 Å². The van der Waals surface area contributed by atoms with Crippen LogP contribution in [0.2, 0.25) is 0 Å². The van der Waals surface area contributed by atoms with Crippen LogP contribution in [0.1, 0.15) is 33.7 Å². The normalized spacial score (nSPS) is 15.4. The molecule has 86 valence electrons. The van der Waals surface area contributed by atoms with Gasteiger partial charge in [0.05, 0.1) is 11.8 Å². The van der Waals surface area contributed by atoms with Gasteiger partial charge in [-0.15, -0.1) is 0 Å². The van der Waals surface area contributed by atoms with E-state index in [0.29, 0.717) is 13.1 Å². The minimum absolute atomic E-state index is 0.0445. The third-order valence-corrected chi connectivity index (χ3v) is 2.77. The fourth-order valence-corrected chi connectivity index (χ4v) is 1.94. The Morgan fingerprint density at radius 1 is 1.38 bits per heavy atom. The van der Waals surface area contributed by atoms with E-state index in [9.17, 15) is 9.59 Å². The monoisotopic (exact) mass is 223 g/mol. The lowest BCUT2D eigenvalue weighted by atomic mass is 10.2. The first kappa shape index (κ1) is 10.7. The molecule has 0 unspecified atom stereocenters. The maximum Gasteiger partial charge on any atom is 0.354 e. The molecule has 16 heavy (non-hydrogen) atoms. The van der Waals surface area contributed by atoms with E-state index in [4.69, 9.17) is 5.11 Å². The predicted molar refractivity (Wildman–Crippen MR) is 55.3 cm³/mol. The average Bonchev–Trinajstić information content (AvgIpc) is 2.84. The second kappa shape index (κ2) is 3.96. The molecule has 0 radical (unpaired) electrons. The van der Waals surface area contributed by atoms with Crippen LogP contribution in [-0.4, -0.2) is 44.8 Å². The maximum absolute atomic E-state index is 12.0. The van der Waals surface area contributed by atoms with E-state index in [2.05, 4.69) is 5.10 Å². The highest BCUT2D eigenvalue weighted by atomic mass is 16.4. The Morgan fingerprint density at radius 3 is 2.56 bits per heavy atom. The van der Waals surface area contributed by atoms with Crippen molar-refractivity contribution in [3.8, 4) is 0 Å². The Labute approximate surface area is 92.5 Å². The molecule has 1 saturated heterocycles. The minimum atomic E-state index is -1.12. The van der Waals surface area contributed by atoms with Gasteiger partial charge in [-0.05, 0) is 12.8 Å². The van der Waals surface area contributed by atoms with Crippen LogP contribution >= 0.6 is 0 Å². The largest absolute Gasteiger partial charge is 0.477 e. The molecule has 2 rings (SSSR count). The van der Waals surface area contributed by atoms with Crippen LogP contribution in [0, 0.1) is 0 Å². The van der Waals surface area contributed by atoms with Crippen LogP contribution in [0.25, 0.3) is 0 Å². The van der Waals surface area contributed by atoms with Gasteiger partial charge in [-0.3, -0.25) is 9.48 Å². The molecular weight excluding hydrogens is 210 g/mol. The number of carbonyl (C=O) groups is 2. The molecule has 1 aromatic rings. The third kappa shape index (κ3) is 1.66. The van der Waals surface area contributed by atoms with Gasteiger partial charge >= 0.3 is 5.97 Å². The first-order valence-corrected chi connectivity index (χ1v) is 5.16. The number of hydrogen-bond acceptors (Lipinski definition) is 3. The number of carboxylic acid groups (broad SMARTS) is 1. The summed E-state index contributed by atoms with van der Waals surface area (Å²) >= 11 is 0. The van der Waals surface area contributed by atoms with Crippen LogP contribution in [0.15, 0.2) is 6.20 Å². The molecule has 1 aliphatic heterocycles. The molecular formula is C10H13N3O3. The van der Waals surface area contributed by atoms with E-state index in [-0.39, 0.29) is 17.2 Å². The number of carbonyl (C=O) groups excluding carboxylic acids is 1. The van der Waals surface area contributed by atoms with Gasteiger partial charge in [-0.25, -0.2) is 4.79 Å². The lowest BCUT2D eigenvalue weighted by molar-refractivity contribution is 0.0670. The van der Waals surface area contributed by atoms with Crippen LogP contribution in [0.3, 0.4) is 0 Å². The van der Waals surface area contributed by atoms with Gasteiger partial charge in [-0.1, -0.05) is 0 Å². The van der Waals surface area contributed by atoms with Crippen molar-refractivity contribution in [3.63, 3.8) is 0 Å². The van der Waals surface area contributed by atoms with E-state index >= 15 is 0 Å². The topological polar surface area (TPSA) is 75.4 Å². The average molecular weight is 223 g/mol. The molecule has 0 bridgehead atoms. The predicted octanol–water partition coefficient (Wildman–Crippen LogP) is 0.354. The van der Waals surface area contributed by atoms with Crippen LogP contribution in [0.5, 0.6) is 0 Å². The Balaban J connectivity index is 2.32. The molecule has 1 aromatic heterocycles. The Morgan fingerprint density at radius 2 is 2.00 bits per heavy atom. The summed E-state index contributed by atoms with van der Waals surface area (Å²) in [7, 11) is 1.52. The zero-order valence-electron chi connectivity index (χ0n) is 9.01. The Bertz CT molecular complexity index is 433. The third-order valence-electron chi connectivity index (χ3n) is 2.77. The zero-order chi connectivity index (χ0) is 11.7. The highest BCUT2D eigenvalue weighted by Crippen LogP contribution is 2.15. The Hall–Kier alpha value is -1.85. The number of nitrogens with zero attached hydrogens (tertiary/aromatic N) is 3. The first-order chi connectivity index (χ1) is 7.61. The summed E-state index contributed by atoms with van der Waals surface area (Å²) in [6.07, 6.45) is 3.28. The zero-order valence-corrected chi connectivity index (χ0v) is 9.01. The molecule has 1 amide bonds. The number of carboxylic acids is 1. The second-order valence-electron chi connectivity index (χ2n) is 3.83. The summed E-state index contributed by atoms with van der Waals surface area (Å²) in [6.45, 7) is 1.40. The van der Waals surface area contributed by atoms with Gasteiger partial charge in [0.2, 0.25) is 0 Å². The minimum Gasteiger partial charge on any atom is -0.477 e. The van der Waals surface area contributed by atoms with E-state index in [1.165, 1.54) is 17.9 Å². The lowest BCUT2D eigenvalue weighted by Gasteiger charge is -2.14. The van der Waals surface area contributed by atoms with Crippen molar-refractivity contribution in [2.45, 2.75) is 12.8 Å². The highest BCUT2D eigenvalue weighted by molar-refractivity contribution is 6.03. The van der Waals surface area contributed by atoms with Crippen LogP contribution in [0.4, 0.5) is 0 Å². The summed E-state index contributed by atoms with van der Waals surface area (Å²) in [4.78, 5) is 24.7. The quantitative estimate of drug-likeness (QED) is 0.785. The number of likely N-dealkylation sites (tertiary alicyclic amines) is 1. The van der Waals surface area contributed by atoms with E-state index in [0.717, 1.165) is 12.8 Å². The van der Waals surface area contributed by atoms with E-state index in [1.54, 1.807) is 4.90 Å². The van der Waals surface area contributed by atoms with Crippen molar-refractivity contribution < 1.29 is 14.7 Å². The Kier molecular flexibility index (Phi) is 2.64. The number of rotatable bonds is 2. The summed E-state index contributed by atoms with van der Waals surface area (Å²) in [6, 6.07) is 0. The van der Waals surface area contributed by atoms with Gasteiger partial charge in [0.25, 0.3) is 5.91 Å². The van der Waals surface area contributed by atoms with Gasteiger partial charge in [0, 0.05) is 20.1 Å². The van der Waals surface area contributed by atoms with Gasteiger partial charge in [-0.2, -0.15) is 5.10 Å². The summed E-state index contributed by atoms with van der Waals surface area (Å²) < 4.78 is 1.21. The summed E-state index contributed by atoms with van der Waals surface area (Å²) in [5, 5.41) is 12.8. The van der Waals surface area contributed by atoms with Crippen molar-refractivity contribution in [2.24, 2.45) is 7.05 Å². The molecule has 6 heteroatoms. The van der Waals surface area contributed by atoms with Gasteiger partial charge < -0.3 is 10.0 Å². The standard InChI is InChI=1S/C10H13N3O3/c1-12-8(10(15)16)7(6-11-12)9(14)13-4-2-3-5-13/h6H,2-5H2,1H3,(H,15,16). The number of aromatic nitrogens is 2. The summed E-state index contributed by atoms with van der Waals surface area (Å²) in [5.41, 5.74) is 0.133. The van der Waals surface area contributed by atoms with E-state index < -0.39 is 5.97 Å². The summed E-state index contributed by atoms with van der Waals surface area (Å²) in [5.74, 6) is -1.36. The van der Waals surface area contributed by atoms with Crippen LogP contribution in [-0.2, 0) is 7.05 Å². The number of aryl methyl sites for hydroxylation is 1. The molecule has 6 nitrogen and oxygen atoms in total. The van der Waals surface area contributed by atoms with Crippen molar-refractivity contribution >= 4 is 11.9 Å². The van der Waals surface area contributed by atoms with Gasteiger partial charge in [0.1, 0.15) is 0 Å². The number of hydrogen-bond donors (Lipinski definition) is 1. The van der Waals surface area contributed by atoms with Crippen molar-refractivity contribution in [2.75, 3.05) is 13.1 Å². The molecule has 0 aliphatic carbocycles. The fourth-order valence-electron chi connectivity index (χ4n) is 1.94. The molecule has 0 spiro atoms. The van der Waals surface area contributed by atoms with Crippen molar-refractivity contribution in [1.82, 2.24) is 14.7 Å². The highest BCUT2D eigenvalue weighted by Gasteiger charge is 2.26. The molecule has 0 atom stereocenters. The van der Waals surface area contributed by atoms with Crippen LogP contribution < -0.4 is 0 Å². The van der Waals surface area contributed by atoms with E-state index in [1.807, 2.05) is 0 Å². The molecule has 1 fully saturated rings. The SMILES string of the molecule is Cn1ncc(C(=O)N2CCCC2)c1C(=O)O. The van der Waals surface area contributed by atoms with Crippen molar-refractivity contribution in [1.29, 1.82) is 0 Å². The molecule has 0 saturated carbocycles. The maximum atomic E-state index is 12.0. The molecule has 2 heterocycles. The lowest BCUT2D eigenvalue weighted by Crippen LogP contribution is -2.29. The first-order valence-electron chi connectivity index (χ1n) is 5.16. The number of aromatic carboxylic acids is 1. The molecule has 1 N–H and O–H groups in total.